The predicted molar refractivity (Wildman–Crippen MR) is 23.2 cm³/mol. The fraction of sp³-hybridized carbons (Fsp3) is 0.750. The van der Waals surface area contributed by atoms with E-state index in [0.29, 0.717) is 13.4 Å². The molecule has 0 aliphatic rings. The number of rotatable bonds is 3. The van der Waals surface area contributed by atoms with E-state index in [1.165, 1.54) is 0 Å². The molecule has 0 saturated carbocycles. The fourth-order valence-electron chi connectivity index (χ4n) is 0.142. The first-order valence-corrected chi connectivity index (χ1v) is 1.77. The second kappa shape index (κ2) is 4.92. The second-order valence-electron chi connectivity index (χ2n) is 0.815. The van der Waals surface area contributed by atoms with Crippen molar-refractivity contribution in [3.05, 3.63) is 6.92 Å². The Bertz CT molecular complexity index is 17.5. The van der Waals surface area contributed by atoms with Crippen molar-refractivity contribution in [1.29, 1.82) is 0 Å². The lowest BCUT2D eigenvalue weighted by Crippen LogP contribution is -1.93. The molecule has 0 aromatic carbocycles. The van der Waals surface area contributed by atoms with Crippen LogP contribution in [0.25, 0.3) is 0 Å². The minimum atomic E-state index is 0.351. The average molecular weight is 89.1 g/mol. The average Bonchev–Trinajstić information content (AvgIpc) is 1.61. The lowest BCUT2D eigenvalue weighted by molar-refractivity contribution is -0.0192. The van der Waals surface area contributed by atoms with Crippen molar-refractivity contribution in [3.63, 3.8) is 0 Å². The summed E-state index contributed by atoms with van der Waals surface area (Å²) in [4.78, 5) is 0. The van der Waals surface area contributed by atoms with E-state index in [4.69, 9.17) is 0 Å². The van der Waals surface area contributed by atoms with Crippen LogP contribution in [0.1, 0.15) is 0 Å². The van der Waals surface area contributed by atoms with E-state index in [1.54, 1.807) is 7.11 Å². The van der Waals surface area contributed by atoms with Gasteiger partial charge in [0.15, 0.2) is 0 Å². The van der Waals surface area contributed by atoms with Gasteiger partial charge in [-0.15, -0.1) is 0 Å². The zero-order valence-electron chi connectivity index (χ0n) is 3.94. The quantitative estimate of drug-likeness (QED) is 0.369. The molecule has 0 fully saturated rings. The van der Waals surface area contributed by atoms with Gasteiger partial charge in [0.05, 0.1) is 0 Å². The van der Waals surface area contributed by atoms with Crippen LogP contribution in [0, 0.1) is 6.92 Å². The monoisotopic (exact) mass is 89.1 g/mol. The molecule has 0 atom stereocenters. The number of ether oxygens (including phenoxy) is 2. The van der Waals surface area contributed by atoms with Gasteiger partial charge in [-0.05, 0) is 6.92 Å². The van der Waals surface area contributed by atoms with E-state index in [-0.39, 0.29) is 0 Å². The van der Waals surface area contributed by atoms with E-state index in [0.717, 1.165) is 0 Å². The molecule has 2 heteroatoms. The summed E-state index contributed by atoms with van der Waals surface area (Å²) in [6, 6.07) is 0. The molecular weight excluding hydrogens is 80.0 g/mol. The van der Waals surface area contributed by atoms with E-state index < -0.39 is 0 Å². The number of methoxy groups -OCH3 is 1. The van der Waals surface area contributed by atoms with Crippen molar-refractivity contribution >= 4 is 0 Å². The largest absolute Gasteiger partial charge is 0.359 e. The van der Waals surface area contributed by atoms with E-state index in [9.17, 15) is 0 Å². The standard InChI is InChI=1S/C4H9O2/c1-3-6-4-5-2/h1,3-4H2,2H3. The van der Waals surface area contributed by atoms with Gasteiger partial charge < -0.3 is 9.47 Å². The summed E-state index contributed by atoms with van der Waals surface area (Å²) in [6.07, 6.45) is 0. The predicted octanol–water partition coefficient (Wildman–Crippen LogP) is 0.441. The zero-order valence-corrected chi connectivity index (χ0v) is 3.94. The third-order valence-electron chi connectivity index (χ3n) is 0.346. The molecule has 2 nitrogen and oxygen atoms in total. The highest BCUT2D eigenvalue weighted by Gasteiger charge is 1.71. The molecule has 0 saturated heterocycles. The number of hydrogen-bond donors (Lipinski definition) is 0. The van der Waals surface area contributed by atoms with E-state index in [2.05, 4.69) is 16.4 Å². The first kappa shape index (κ1) is 5.92. The maximum absolute atomic E-state index is 4.65. The zero-order chi connectivity index (χ0) is 4.83. The third-order valence-corrected chi connectivity index (χ3v) is 0.346. The van der Waals surface area contributed by atoms with Crippen molar-refractivity contribution < 1.29 is 9.47 Å². The minimum absolute atomic E-state index is 0.351. The summed E-state index contributed by atoms with van der Waals surface area (Å²) >= 11 is 0. The molecule has 0 spiro atoms. The van der Waals surface area contributed by atoms with Gasteiger partial charge >= 0.3 is 0 Å². The Kier molecular flexibility index (Phi) is 4.85. The van der Waals surface area contributed by atoms with Gasteiger partial charge in [-0.1, -0.05) is 0 Å². The van der Waals surface area contributed by atoms with Crippen molar-refractivity contribution in [2.75, 3.05) is 20.5 Å². The molecular formula is C4H9O2. The maximum atomic E-state index is 4.65. The van der Waals surface area contributed by atoms with Crippen LogP contribution in [0.3, 0.4) is 0 Å². The molecule has 0 amide bonds. The van der Waals surface area contributed by atoms with Gasteiger partial charge in [-0.2, -0.15) is 0 Å². The third kappa shape index (κ3) is 3.92. The smallest absolute Gasteiger partial charge is 0.146 e. The lowest BCUT2D eigenvalue weighted by Gasteiger charge is -1.93. The van der Waals surface area contributed by atoms with Crippen LogP contribution in [0.2, 0.25) is 0 Å². The first-order valence-electron chi connectivity index (χ1n) is 1.77. The Morgan fingerprint density at radius 1 is 1.67 bits per heavy atom. The van der Waals surface area contributed by atoms with Crippen LogP contribution < -0.4 is 0 Å². The molecule has 0 aromatic rings. The Morgan fingerprint density at radius 2 is 2.33 bits per heavy atom. The molecule has 37 valence electrons. The van der Waals surface area contributed by atoms with Gasteiger partial charge in [-0.3, -0.25) is 0 Å². The second-order valence-corrected chi connectivity index (χ2v) is 0.815. The molecule has 0 aliphatic carbocycles. The van der Waals surface area contributed by atoms with Gasteiger partial charge in [0, 0.05) is 13.7 Å². The van der Waals surface area contributed by atoms with Crippen LogP contribution in [0.15, 0.2) is 0 Å². The summed E-state index contributed by atoms with van der Waals surface area (Å²) in [5.41, 5.74) is 0. The van der Waals surface area contributed by atoms with Crippen LogP contribution in [-0.2, 0) is 9.47 Å². The van der Waals surface area contributed by atoms with Crippen molar-refractivity contribution in [2.45, 2.75) is 0 Å². The van der Waals surface area contributed by atoms with Gasteiger partial charge in [0.1, 0.15) is 6.79 Å². The molecule has 0 aliphatic heterocycles. The minimum Gasteiger partial charge on any atom is -0.359 e. The van der Waals surface area contributed by atoms with Gasteiger partial charge in [-0.25, -0.2) is 0 Å². The Hall–Kier alpha value is -0.0800. The summed E-state index contributed by atoms with van der Waals surface area (Å²) in [5, 5.41) is 0. The van der Waals surface area contributed by atoms with Gasteiger partial charge in [0.2, 0.25) is 0 Å². The molecule has 0 bridgehead atoms. The van der Waals surface area contributed by atoms with Crippen LogP contribution >= 0.6 is 0 Å². The molecule has 0 aromatic heterocycles. The first-order chi connectivity index (χ1) is 2.91. The topological polar surface area (TPSA) is 18.5 Å². The summed E-state index contributed by atoms with van der Waals surface area (Å²) in [6.45, 7) is 4.25. The highest BCUT2D eigenvalue weighted by molar-refractivity contribution is 4.23. The molecule has 0 heterocycles. The van der Waals surface area contributed by atoms with E-state index in [1.807, 2.05) is 0 Å². The Balaban J connectivity index is 2.34. The highest BCUT2D eigenvalue weighted by atomic mass is 16.7. The maximum Gasteiger partial charge on any atom is 0.146 e. The molecule has 0 N–H and O–H groups in total. The van der Waals surface area contributed by atoms with Crippen molar-refractivity contribution in [2.24, 2.45) is 0 Å². The molecule has 0 rings (SSSR count). The van der Waals surface area contributed by atoms with Crippen LogP contribution in [0.5, 0.6) is 0 Å². The molecule has 0 unspecified atom stereocenters. The molecule has 1 radical (unpaired) electrons. The normalized spacial score (nSPS) is 9.00. The number of hydrogen-bond acceptors (Lipinski definition) is 2. The van der Waals surface area contributed by atoms with Crippen molar-refractivity contribution in [3.8, 4) is 0 Å². The van der Waals surface area contributed by atoms with E-state index >= 15 is 0 Å². The lowest BCUT2D eigenvalue weighted by atomic mass is 10.9. The highest BCUT2D eigenvalue weighted by Crippen LogP contribution is 1.68. The molecule has 6 heavy (non-hydrogen) atoms. The SMILES string of the molecule is [CH2]COCOC. The van der Waals surface area contributed by atoms with Gasteiger partial charge in [0.25, 0.3) is 0 Å². The fourth-order valence-corrected chi connectivity index (χ4v) is 0.142. The summed E-state index contributed by atoms with van der Waals surface area (Å²) in [5.74, 6) is 0. The van der Waals surface area contributed by atoms with Crippen LogP contribution in [-0.4, -0.2) is 20.5 Å². The Labute approximate surface area is 38.1 Å². The summed E-state index contributed by atoms with van der Waals surface area (Å²) < 4.78 is 9.17. The van der Waals surface area contributed by atoms with Crippen LogP contribution in [0.4, 0.5) is 0 Å². The summed E-state index contributed by atoms with van der Waals surface area (Å²) in [7, 11) is 1.58. The van der Waals surface area contributed by atoms with Crippen molar-refractivity contribution in [1.82, 2.24) is 0 Å². The Morgan fingerprint density at radius 3 is 2.50 bits per heavy atom.